The van der Waals surface area contributed by atoms with Crippen LogP contribution in [0.15, 0.2) is 22.7 Å². The lowest BCUT2D eigenvalue weighted by Gasteiger charge is -2.18. The molecule has 0 radical (unpaired) electrons. The summed E-state index contributed by atoms with van der Waals surface area (Å²) in [6, 6.07) is 2.55. The van der Waals surface area contributed by atoms with Crippen LogP contribution in [0.4, 0.5) is 8.78 Å². The minimum atomic E-state index is -1.00. The van der Waals surface area contributed by atoms with E-state index >= 15 is 0 Å². The van der Waals surface area contributed by atoms with Gasteiger partial charge in [0.05, 0.1) is 6.54 Å². The van der Waals surface area contributed by atoms with Crippen molar-refractivity contribution in [2.24, 2.45) is 0 Å². The van der Waals surface area contributed by atoms with Gasteiger partial charge in [0.2, 0.25) is 11.7 Å². The number of carboxylic acids is 1. The number of carboxylic acid groups (broad SMARTS) is 1. The topological polar surface area (TPSA) is 79.5 Å². The van der Waals surface area contributed by atoms with Crippen molar-refractivity contribution in [1.82, 2.24) is 15.0 Å². The van der Waals surface area contributed by atoms with Gasteiger partial charge in [-0.1, -0.05) is 5.16 Å². The highest BCUT2D eigenvalue weighted by Gasteiger charge is 2.19. The molecule has 1 N–H and O–H groups in total. The SMILES string of the molecule is CC(C(=O)O)N(C)Cc1nc(-c2ccc(F)c(F)c2)no1.Cl. The van der Waals surface area contributed by atoms with Crippen molar-refractivity contribution in [3.63, 3.8) is 0 Å². The summed E-state index contributed by atoms with van der Waals surface area (Å²) in [4.78, 5) is 16.4. The predicted octanol–water partition coefficient (Wildman–Crippen LogP) is 2.34. The van der Waals surface area contributed by atoms with Crippen LogP contribution in [0.5, 0.6) is 0 Å². The fraction of sp³-hybridized carbons (Fsp3) is 0.308. The van der Waals surface area contributed by atoms with Crippen LogP contribution in [-0.4, -0.2) is 39.2 Å². The number of nitrogens with zero attached hydrogens (tertiary/aromatic N) is 3. The molecule has 6 nitrogen and oxygen atoms in total. The Bertz CT molecular complexity index is 666. The number of likely N-dealkylation sites (N-methyl/N-ethyl adjacent to an activating group) is 1. The van der Waals surface area contributed by atoms with E-state index in [2.05, 4.69) is 10.1 Å². The van der Waals surface area contributed by atoms with Gasteiger partial charge < -0.3 is 9.63 Å². The number of benzene rings is 1. The van der Waals surface area contributed by atoms with Crippen molar-refractivity contribution < 1.29 is 23.2 Å². The lowest BCUT2D eigenvalue weighted by molar-refractivity contribution is -0.142. The highest BCUT2D eigenvalue weighted by molar-refractivity contribution is 5.85. The van der Waals surface area contributed by atoms with Crippen LogP contribution in [0.25, 0.3) is 11.4 Å². The Morgan fingerprint density at radius 2 is 2.09 bits per heavy atom. The van der Waals surface area contributed by atoms with Gasteiger partial charge in [-0.2, -0.15) is 4.98 Å². The Balaban J connectivity index is 0.00000242. The van der Waals surface area contributed by atoms with Gasteiger partial charge in [0, 0.05) is 5.56 Å². The van der Waals surface area contributed by atoms with Gasteiger partial charge in [0.25, 0.3) is 0 Å². The van der Waals surface area contributed by atoms with E-state index in [0.717, 1.165) is 12.1 Å². The van der Waals surface area contributed by atoms with Gasteiger partial charge in [-0.3, -0.25) is 9.69 Å². The quantitative estimate of drug-likeness (QED) is 0.904. The van der Waals surface area contributed by atoms with E-state index in [1.54, 1.807) is 7.05 Å². The monoisotopic (exact) mass is 333 g/mol. The summed E-state index contributed by atoms with van der Waals surface area (Å²) in [5, 5.41) is 12.5. The molecule has 120 valence electrons. The number of aromatic nitrogens is 2. The Hall–Kier alpha value is -2.06. The number of hydrogen-bond acceptors (Lipinski definition) is 5. The van der Waals surface area contributed by atoms with Gasteiger partial charge >= 0.3 is 5.97 Å². The number of hydrogen-bond donors (Lipinski definition) is 1. The first-order valence-corrected chi connectivity index (χ1v) is 6.09. The summed E-state index contributed by atoms with van der Waals surface area (Å²) in [5.74, 6) is -2.64. The summed E-state index contributed by atoms with van der Waals surface area (Å²) in [7, 11) is 1.60. The molecule has 1 aromatic carbocycles. The minimum Gasteiger partial charge on any atom is -0.480 e. The molecule has 0 aliphatic carbocycles. The first-order valence-electron chi connectivity index (χ1n) is 6.09. The summed E-state index contributed by atoms with van der Waals surface area (Å²) >= 11 is 0. The van der Waals surface area contributed by atoms with Crippen LogP contribution >= 0.6 is 12.4 Å². The van der Waals surface area contributed by atoms with Crippen LogP contribution < -0.4 is 0 Å². The molecule has 9 heteroatoms. The third-order valence-corrected chi connectivity index (χ3v) is 3.05. The lowest BCUT2D eigenvalue weighted by Crippen LogP contribution is -2.35. The molecule has 0 spiro atoms. The zero-order valence-electron chi connectivity index (χ0n) is 11.8. The molecule has 0 saturated heterocycles. The molecule has 0 bridgehead atoms. The van der Waals surface area contributed by atoms with Gasteiger partial charge in [-0.25, -0.2) is 8.78 Å². The minimum absolute atomic E-state index is 0. The Morgan fingerprint density at radius 3 is 2.68 bits per heavy atom. The fourth-order valence-corrected chi connectivity index (χ4v) is 1.61. The van der Waals surface area contributed by atoms with Crippen LogP contribution in [0.1, 0.15) is 12.8 Å². The molecular weight excluding hydrogens is 320 g/mol. The van der Waals surface area contributed by atoms with E-state index in [1.165, 1.54) is 17.9 Å². The predicted molar refractivity (Wildman–Crippen MR) is 75.5 cm³/mol. The molecule has 0 saturated carbocycles. The average molecular weight is 334 g/mol. The second-order valence-electron chi connectivity index (χ2n) is 4.57. The molecular formula is C13H14ClF2N3O3. The standard InChI is InChI=1S/C13H13F2N3O3.ClH/c1-7(13(19)20)18(2)6-11-16-12(17-21-11)8-3-4-9(14)10(15)5-8;/h3-5,7H,6H2,1-2H3,(H,19,20);1H. The van der Waals surface area contributed by atoms with Crippen LogP contribution in [0, 0.1) is 11.6 Å². The van der Waals surface area contributed by atoms with E-state index in [4.69, 9.17) is 9.63 Å². The average Bonchev–Trinajstić information content (AvgIpc) is 2.89. The second-order valence-corrected chi connectivity index (χ2v) is 4.57. The van der Waals surface area contributed by atoms with Crippen LogP contribution in [-0.2, 0) is 11.3 Å². The van der Waals surface area contributed by atoms with Crippen molar-refractivity contribution in [3.05, 3.63) is 35.7 Å². The van der Waals surface area contributed by atoms with E-state index in [1.807, 2.05) is 0 Å². The maximum absolute atomic E-state index is 13.1. The molecule has 0 fully saturated rings. The fourth-order valence-electron chi connectivity index (χ4n) is 1.61. The largest absolute Gasteiger partial charge is 0.480 e. The van der Waals surface area contributed by atoms with Gasteiger partial charge in [-0.15, -0.1) is 12.4 Å². The molecule has 1 atom stereocenters. The smallest absolute Gasteiger partial charge is 0.320 e. The maximum atomic E-state index is 13.1. The van der Waals surface area contributed by atoms with E-state index in [-0.39, 0.29) is 36.2 Å². The molecule has 0 aliphatic rings. The summed E-state index contributed by atoms with van der Waals surface area (Å²) in [5.41, 5.74) is 0.276. The highest BCUT2D eigenvalue weighted by Crippen LogP contribution is 2.19. The highest BCUT2D eigenvalue weighted by atomic mass is 35.5. The van der Waals surface area contributed by atoms with Crippen LogP contribution in [0.3, 0.4) is 0 Å². The van der Waals surface area contributed by atoms with E-state index in [9.17, 15) is 13.6 Å². The zero-order chi connectivity index (χ0) is 15.6. The number of aliphatic carboxylic acids is 1. The summed E-state index contributed by atoms with van der Waals surface area (Å²) in [6.07, 6.45) is 0. The number of halogens is 3. The summed E-state index contributed by atoms with van der Waals surface area (Å²) < 4.78 is 31.0. The summed E-state index contributed by atoms with van der Waals surface area (Å²) in [6.45, 7) is 1.65. The molecule has 0 amide bonds. The normalized spacial score (nSPS) is 12.0. The molecule has 2 aromatic rings. The number of carbonyl (C=O) groups is 1. The van der Waals surface area contributed by atoms with Crippen molar-refractivity contribution in [2.45, 2.75) is 19.5 Å². The van der Waals surface area contributed by atoms with Crippen LogP contribution in [0.2, 0.25) is 0 Å². The Labute approximate surface area is 131 Å². The lowest BCUT2D eigenvalue weighted by atomic mass is 10.2. The molecule has 1 aromatic heterocycles. The molecule has 1 heterocycles. The second kappa shape index (κ2) is 7.28. The third kappa shape index (κ3) is 3.99. The Kier molecular flexibility index (Phi) is 5.95. The molecule has 0 aliphatic heterocycles. The van der Waals surface area contributed by atoms with Crippen molar-refractivity contribution in [3.8, 4) is 11.4 Å². The number of rotatable bonds is 5. The van der Waals surface area contributed by atoms with Crippen molar-refractivity contribution >= 4 is 18.4 Å². The first kappa shape index (κ1) is 18.0. The van der Waals surface area contributed by atoms with Crippen molar-refractivity contribution in [1.29, 1.82) is 0 Å². The van der Waals surface area contributed by atoms with Gasteiger partial charge in [0.15, 0.2) is 11.6 Å². The first-order chi connectivity index (χ1) is 9.88. The van der Waals surface area contributed by atoms with Gasteiger partial charge in [-0.05, 0) is 32.2 Å². The third-order valence-electron chi connectivity index (χ3n) is 3.05. The Morgan fingerprint density at radius 1 is 1.41 bits per heavy atom. The van der Waals surface area contributed by atoms with Gasteiger partial charge in [0.1, 0.15) is 6.04 Å². The molecule has 1 unspecified atom stereocenters. The van der Waals surface area contributed by atoms with E-state index in [0.29, 0.717) is 0 Å². The maximum Gasteiger partial charge on any atom is 0.320 e. The zero-order valence-corrected chi connectivity index (χ0v) is 12.6. The van der Waals surface area contributed by atoms with Crippen molar-refractivity contribution in [2.75, 3.05) is 7.05 Å². The van der Waals surface area contributed by atoms with E-state index < -0.39 is 23.6 Å². The molecule has 2 rings (SSSR count). The molecule has 22 heavy (non-hydrogen) atoms.